The van der Waals surface area contributed by atoms with Crippen LogP contribution in [0.1, 0.15) is 71.1 Å². The Kier molecular flexibility index (Phi) is 6.66. The molecular formula is C17H34N2. The molecule has 0 aliphatic heterocycles. The number of hydrogen-bond donors (Lipinski definition) is 1. The van der Waals surface area contributed by atoms with Crippen LogP contribution in [0.4, 0.5) is 0 Å². The molecule has 0 aromatic rings. The fourth-order valence-corrected chi connectivity index (χ4v) is 3.94. The van der Waals surface area contributed by atoms with Gasteiger partial charge >= 0.3 is 0 Å². The Bertz CT molecular complexity index is 227. The molecular weight excluding hydrogens is 232 g/mol. The van der Waals surface area contributed by atoms with Gasteiger partial charge in [0, 0.05) is 12.1 Å². The van der Waals surface area contributed by atoms with Crippen molar-refractivity contribution in [1.82, 2.24) is 10.2 Å². The second kappa shape index (κ2) is 8.26. The minimum Gasteiger partial charge on any atom is -0.314 e. The van der Waals surface area contributed by atoms with Gasteiger partial charge < -0.3 is 10.2 Å². The van der Waals surface area contributed by atoms with E-state index in [9.17, 15) is 0 Å². The summed E-state index contributed by atoms with van der Waals surface area (Å²) >= 11 is 0. The highest BCUT2D eigenvalue weighted by molar-refractivity contribution is 4.78. The van der Waals surface area contributed by atoms with Gasteiger partial charge in [0.05, 0.1) is 0 Å². The van der Waals surface area contributed by atoms with Crippen LogP contribution in [0.15, 0.2) is 0 Å². The molecule has 1 N–H and O–H groups in total. The monoisotopic (exact) mass is 266 g/mol. The van der Waals surface area contributed by atoms with Crippen LogP contribution in [-0.2, 0) is 0 Å². The molecule has 0 unspecified atom stereocenters. The van der Waals surface area contributed by atoms with E-state index >= 15 is 0 Å². The molecule has 2 nitrogen and oxygen atoms in total. The lowest BCUT2D eigenvalue weighted by atomic mass is 9.84. The molecule has 19 heavy (non-hydrogen) atoms. The predicted molar refractivity (Wildman–Crippen MR) is 83.5 cm³/mol. The second-order valence-electron chi connectivity index (χ2n) is 6.85. The van der Waals surface area contributed by atoms with E-state index in [-0.39, 0.29) is 0 Å². The fraction of sp³-hybridized carbons (Fsp3) is 1.00. The van der Waals surface area contributed by atoms with Gasteiger partial charge in [0.1, 0.15) is 0 Å². The average molecular weight is 266 g/mol. The SMILES string of the molecule is CCC1CCC(N(C)CCCNC2CCCC2)CC1. The third-order valence-electron chi connectivity index (χ3n) is 5.49. The van der Waals surface area contributed by atoms with E-state index in [1.165, 1.54) is 77.3 Å². The van der Waals surface area contributed by atoms with Crippen LogP contribution in [0.2, 0.25) is 0 Å². The summed E-state index contributed by atoms with van der Waals surface area (Å²) in [4.78, 5) is 2.63. The Labute approximate surface area is 120 Å². The predicted octanol–water partition coefficient (Wildman–Crippen LogP) is 3.81. The number of nitrogens with one attached hydrogen (secondary N) is 1. The van der Waals surface area contributed by atoms with Crippen LogP contribution in [0.5, 0.6) is 0 Å². The van der Waals surface area contributed by atoms with Crippen LogP contribution in [0, 0.1) is 5.92 Å². The zero-order chi connectivity index (χ0) is 13.5. The molecule has 112 valence electrons. The molecule has 0 spiro atoms. The van der Waals surface area contributed by atoms with Crippen LogP contribution < -0.4 is 5.32 Å². The first-order chi connectivity index (χ1) is 9.29. The summed E-state index contributed by atoms with van der Waals surface area (Å²) < 4.78 is 0. The van der Waals surface area contributed by atoms with E-state index in [1.54, 1.807) is 0 Å². The van der Waals surface area contributed by atoms with Crippen LogP contribution >= 0.6 is 0 Å². The third kappa shape index (κ3) is 5.07. The molecule has 0 radical (unpaired) electrons. The lowest BCUT2D eigenvalue weighted by molar-refractivity contribution is 0.162. The van der Waals surface area contributed by atoms with E-state index in [0.717, 1.165) is 18.0 Å². The van der Waals surface area contributed by atoms with Gasteiger partial charge in [-0.15, -0.1) is 0 Å². The molecule has 0 bridgehead atoms. The minimum atomic E-state index is 0.838. The maximum absolute atomic E-state index is 3.73. The van der Waals surface area contributed by atoms with Gasteiger partial charge in [-0.1, -0.05) is 26.2 Å². The Morgan fingerprint density at radius 3 is 2.32 bits per heavy atom. The fourth-order valence-electron chi connectivity index (χ4n) is 3.94. The smallest absolute Gasteiger partial charge is 0.00924 e. The first kappa shape index (κ1) is 15.3. The van der Waals surface area contributed by atoms with Crippen molar-refractivity contribution in [3.8, 4) is 0 Å². The van der Waals surface area contributed by atoms with E-state index in [0.29, 0.717) is 0 Å². The Balaban J connectivity index is 1.53. The largest absolute Gasteiger partial charge is 0.314 e. The molecule has 0 aromatic heterocycles. The first-order valence-electron chi connectivity index (χ1n) is 8.73. The Morgan fingerprint density at radius 1 is 1.00 bits per heavy atom. The summed E-state index contributed by atoms with van der Waals surface area (Å²) in [5.41, 5.74) is 0. The van der Waals surface area contributed by atoms with Crippen molar-refractivity contribution in [2.75, 3.05) is 20.1 Å². The van der Waals surface area contributed by atoms with Crippen LogP contribution in [-0.4, -0.2) is 37.1 Å². The molecule has 0 heterocycles. The van der Waals surface area contributed by atoms with Crippen molar-refractivity contribution in [2.24, 2.45) is 5.92 Å². The lowest BCUT2D eigenvalue weighted by Gasteiger charge is -2.34. The average Bonchev–Trinajstić information content (AvgIpc) is 2.96. The number of rotatable bonds is 7. The topological polar surface area (TPSA) is 15.3 Å². The van der Waals surface area contributed by atoms with Gasteiger partial charge in [0.15, 0.2) is 0 Å². The van der Waals surface area contributed by atoms with Gasteiger partial charge in [-0.3, -0.25) is 0 Å². The molecule has 0 atom stereocenters. The molecule has 0 aromatic carbocycles. The van der Waals surface area contributed by atoms with Crippen molar-refractivity contribution >= 4 is 0 Å². The van der Waals surface area contributed by atoms with Crippen molar-refractivity contribution in [1.29, 1.82) is 0 Å². The highest BCUT2D eigenvalue weighted by Gasteiger charge is 2.22. The summed E-state index contributed by atoms with van der Waals surface area (Å²) in [6.07, 6.45) is 14.2. The van der Waals surface area contributed by atoms with Gasteiger partial charge in [-0.25, -0.2) is 0 Å². The summed E-state index contributed by atoms with van der Waals surface area (Å²) in [7, 11) is 2.34. The molecule has 0 saturated heterocycles. The normalized spacial score (nSPS) is 29.2. The van der Waals surface area contributed by atoms with Crippen molar-refractivity contribution in [2.45, 2.75) is 83.2 Å². The van der Waals surface area contributed by atoms with Gasteiger partial charge in [0.25, 0.3) is 0 Å². The second-order valence-corrected chi connectivity index (χ2v) is 6.85. The summed E-state index contributed by atoms with van der Waals surface area (Å²) in [5, 5.41) is 3.73. The quantitative estimate of drug-likeness (QED) is 0.705. The molecule has 2 fully saturated rings. The van der Waals surface area contributed by atoms with E-state index in [2.05, 4.69) is 24.2 Å². The number of hydrogen-bond acceptors (Lipinski definition) is 2. The summed E-state index contributed by atoms with van der Waals surface area (Å²) in [6.45, 7) is 4.85. The van der Waals surface area contributed by atoms with Gasteiger partial charge in [0.2, 0.25) is 0 Å². The molecule has 2 saturated carbocycles. The third-order valence-corrected chi connectivity index (χ3v) is 5.49. The van der Waals surface area contributed by atoms with Crippen molar-refractivity contribution in [3.63, 3.8) is 0 Å². The maximum atomic E-state index is 3.73. The zero-order valence-electron chi connectivity index (χ0n) is 13.2. The maximum Gasteiger partial charge on any atom is 0.00924 e. The highest BCUT2D eigenvalue weighted by atomic mass is 15.1. The number of nitrogens with zero attached hydrogens (tertiary/aromatic N) is 1. The van der Waals surface area contributed by atoms with Crippen molar-refractivity contribution in [3.05, 3.63) is 0 Å². The zero-order valence-corrected chi connectivity index (χ0v) is 13.2. The molecule has 2 aliphatic rings. The minimum absolute atomic E-state index is 0.838. The molecule has 2 rings (SSSR count). The van der Waals surface area contributed by atoms with Crippen molar-refractivity contribution < 1.29 is 0 Å². The Hall–Kier alpha value is -0.0800. The highest BCUT2D eigenvalue weighted by Crippen LogP contribution is 2.28. The Morgan fingerprint density at radius 2 is 1.68 bits per heavy atom. The van der Waals surface area contributed by atoms with E-state index < -0.39 is 0 Å². The molecule has 2 heteroatoms. The summed E-state index contributed by atoms with van der Waals surface area (Å²) in [6, 6.07) is 1.71. The van der Waals surface area contributed by atoms with E-state index in [4.69, 9.17) is 0 Å². The standard InChI is InChI=1S/C17H34N2/c1-3-15-9-11-17(12-10-15)19(2)14-6-13-18-16-7-4-5-8-16/h15-18H,3-14H2,1-2H3. The van der Waals surface area contributed by atoms with Crippen LogP contribution in [0.25, 0.3) is 0 Å². The van der Waals surface area contributed by atoms with E-state index in [1.807, 2.05) is 0 Å². The van der Waals surface area contributed by atoms with Crippen LogP contribution in [0.3, 0.4) is 0 Å². The van der Waals surface area contributed by atoms with Gasteiger partial charge in [-0.05, 0) is 71.0 Å². The first-order valence-corrected chi connectivity index (χ1v) is 8.73. The molecule has 0 amide bonds. The summed E-state index contributed by atoms with van der Waals surface area (Å²) in [5.74, 6) is 1.02. The molecule has 2 aliphatic carbocycles. The lowest BCUT2D eigenvalue weighted by Crippen LogP contribution is -2.37. The van der Waals surface area contributed by atoms with Gasteiger partial charge in [-0.2, -0.15) is 0 Å².